The van der Waals surface area contributed by atoms with E-state index in [4.69, 9.17) is 9.47 Å². The summed E-state index contributed by atoms with van der Waals surface area (Å²) in [7, 11) is 1.67. The van der Waals surface area contributed by atoms with E-state index in [1.54, 1.807) is 7.11 Å². The summed E-state index contributed by atoms with van der Waals surface area (Å²) < 4.78 is 13.4. The Labute approximate surface area is 189 Å². The van der Waals surface area contributed by atoms with Crippen LogP contribution in [0.4, 0.5) is 0 Å². The fraction of sp³-hybridized carbons (Fsp3) is 0.462. The van der Waals surface area contributed by atoms with Crippen LogP contribution < -0.4 is 4.74 Å². The van der Waals surface area contributed by atoms with Crippen molar-refractivity contribution < 1.29 is 14.3 Å². The van der Waals surface area contributed by atoms with Crippen molar-refractivity contribution in [3.63, 3.8) is 0 Å². The second-order valence-corrected chi connectivity index (χ2v) is 9.09. The molecule has 2 aromatic heterocycles. The van der Waals surface area contributed by atoms with Crippen molar-refractivity contribution in [2.45, 2.75) is 37.5 Å². The van der Waals surface area contributed by atoms with Crippen LogP contribution in [-0.4, -0.2) is 53.6 Å². The van der Waals surface area contributed by atoms with Crippen molar-refractivity contribution in [2.75, 3.05) is 33.4 Å². The number of fused-ring (bicyclic) bond motifs is 1. The van der Waals surface area contributed by atoms with Gasteiger partial charge in [-0.1, -0.05) is 25.0 Å². The Balaban J connectivity index is 1.38. The number of carbonyl (C=O) groups is 1. The van der Waals surface area contributed by atoms with Gasteiger partial charge in [-0.05, 0) is 49.1 Å². The lowest BCUT2D eigenvalue weighted by Crippen LogP contribution is -2.47. The summed E-state index contributed by atoms with van der Waals surface area (Å²) in [5, 5.41) is 0. The van der Waals surface area contributed by atoms with E-state index in [9.17, 15) is 4.79 Å². The summed E-state index contributed by atoms with van der Waals surface area (Å²) in [5.74, 6) is 1.30. The average Bonchev–Trinajstić information content (AvgIpc) is 3.46. The lowest BCUT2D eigenvalue weighted by Gasteiger charge is -2.35. The second kappa shape index (κ2) is 8.94. The lowest BCUT2D eigenvalue weighted by atomic mass is 9.77. The van der Waals surface area contributed by atoms with Gasteiger partial charge in [0, 0.05) is 37.6 Å². The van der Waals surface area contributed by atoms with E-state index in [1.165, 1.54) is 0 Å². The van der Waals surface area contributed by atoms with Crippen LogP contribution in [-0.2, 0) is 21.4 Å². The highest BCUT2D eigenvalue weighted by molar-refractivity contribution is 5.88. The fourth-order valence-corrected chi connectivity index (χ4v) is 5.47. The molecule has 3 aromatic rings. The van der Waals surface area contributed by atoms with Crippen LogP contribution in [0.3, 0.4) is 0 Å². The molecule has 32 heavy (non-hydrogen) atoms. The summed E-state index contributed by atoms with van der Waals surface area (Å²) in [6, 6.07) is 12.2. The topological polar surface area (TPSA) is 56.1 Å². The standard InChI is InChI=1S/C26H31N3O3/c1-31-22-8-6-21(7-9-22)26(10-2-3-11-26)25(30)29-15-16-32-19-20(18-29)17-23-24-5-4-13-28(24)14-12-27-23/h4-9,12-14,20H,2-3,10-11,15-19H2,1H3/t20-/m0/s1. The Morgan fingerprint density at radius 2 is 2.00 bits per heavy atom. The third-order valence-electron chi connectivity index (χ3n) is 7.15. The molecule has 0 radical (unpaired) electrons. The van der Waals surface area contributed by atoms with Crippen LogP contribution in [0, 0.1) is 5.92 Å². The number of hydrogen-bond acceptors (Lipinski definition) is 4. The molecule has 1 aromatic carbocycles. The predicted octanol–water partition coefficient (Wildman–Crippen LogP) is 3.87. The minimum Gasteiger partial charge on any atom is -0.497 e. The monoisotopic (exact) mass is 433 g/mol. The molecule has 168 valence electrons. The second-order valence-electron chi connectivity index (χ2n) is 9.09. The number of rotatable bonds is 5. The number of ether oxygens (including phenoxy) is 2. The van der Waals surface area contributed by atoms with E-state index < -0.39 is 5.41 Å². The summed E-state index contributed by atoms with van der Waals surface area (Å²) in [4.78, 5) is 20.7. The van der Waals surface area contributed by atoms with E-state index in [1.807, 2.05) is 36.8 Å². The molecule has 1 atom stereocenters. The first-order valence-electron chi connectivity index (χ1n) is 11.6. The first-order chi connectivity index (χ1) is 15.7. The Morgan fingerprint density at radius 3 is 2.78 bits per heavy atom. The molecule has 1 amide bonds. The molecule has 0 unspecified atom stereocenters. The fourth-order valence-electron chi connectivity index (χ4n) is 5.47. The molecule has 1 aliphatic carbocycles. The minimum atomic E-state index is -0.430. The normalized spacial score (nSPS) is 20.9. The molecular weight excluding hydrogens is 402 g/mol. The number of carbonyl (C=O) groups excluding carboxylic acids is 1. The van der Waals surface area contributed by atoms with E-state index in [0.29, 0.717) is 26.3 Å². The van der Waals surface area contributed by atoms with Gasteiger partial charge in [0.25, 0.3) is 0 Å². The summed E-state index contributed by atoms with van der Waals surface area (Å²) >= 11 is 0. The molecule has 1 aliphatic heterocycles. The molecule has 3 heterocycles. The highest BCUT2D eigenvalue weighted by Crippen LogP contribution is 2.43. The zero-order valence-electron chi connectivity index (χ0n) is 18.7. The van der Waals surface area contributed by atoms with Crippen LogP contribution in [0.25, 0.3) is 5.52 Å². The molecule has 0 spiro atoms. The van der Waals surface area contributed by atoms with Crippen molar-refractivity contribution in [3.8, 4) is 5.75 Å². The van der Waals surface area contributed by atoms with Crippen LogP contribution in [0.5, 0.6) is 5.75 Å². The highest BCUT2D eigenvalue weighted by Gasteiger charge is 2.45. The first-order valence-corrected chi connectivity index (χ1v) is 11.6. The van der Waals surface area contributed by atoms with E-state index in [2.05, 4.69) is 32.5 Å². The number of hydrogen-bond donors (Lipinski definition) is 0. The summed E-state index contributed by atoms with van der Waals surface area (Å²) in [6.07, 6.45) is 10.6. The van der Waals surface area contributed by atoms with E-state index >= 15 is 0 Å². The van der Waals surface area contributed by atoms with Gasteiger partial charge in [-0.2, -0.15) is 0 Å². The molecule has 5 rings (SSSR count). The van der Waals surface area contributed by atoms with Crippen LogP contribution in [0.15, 0.2) is 55.0 Å². The minimum absolute atomic E-state index is 0.226. The van der Waals surface area contributed by atoms with Crippen molar-refractivity contribution in [1.29, 1.82) is 0 Å². The third kappa shape index (κ3) is 3.88. The number of amides is 1. The number of methoxy groups -OCH3 is 1. The number of nitrogens with zero attached hydrogens (tertiary/aromatic N) is 3. The van der Waals surface area contributed by atoms with Gasteiger partial charge in [-0.15, -0.1) is 0 Å². The maximum atomic E-state index is 14.0. The maximum Gasteiger partial charge on any atom is 0.233 e. The Bertz CT molecular complexity index is 1070. The molecule has 0 bridgehead atoms. The van der Waals surface area contributed by atoms with Crippen molar-refractivity contribution in [1.82, 2.24) is 14.3 Å². The smallest absolute Gasteiger partial charge is 0.233 e. The Hall–Kier alpha value is -2.86. The van der Waals surface area contributed by atoms with Crippen molar-refractivity contribution in [2.24, 2.45) is 5.92 Å². The van der Waals surface area contributed by atoms with Crippen LogP contribution >= 0.6 is 0 Å². The first kappa shape index (κ1) is 21.0. The maximum absolute atomic E-state index is 14.0. The van der Waals surface area contributed by atoms with Crippen molar-refractivity contribution >= 4 is 11.4 Å². The predicted molar refractivity (Wildman–Crippen MR) is 123 cm³/mol. The van der Waals surface area contributed by atoms with Gasteiger partial charge >= 0.3 is 0 Å². The summed E-state index contributed by atoms with van der Waals surface area (Å²) in [5.41, 5.74) is 2.87. The third-order valence-corrected chi connectivity index (χ3v) is 7.15. The molecule has 0 N–H and O–H groups in total. The zero-order valence-corrected chi connectivity index (χ0v) is 18.7. The molecule has 1 saturated carbocycles. The van der Waals surface area contributed by atoms with Gasteiger partial charge in [-0.3, -0.25) is 9.78 Å². The average molecular weight is 434 g/mol. The Morgan fingerprint density at radius 1 is 1.19 bits per heavy atom. The molecule has 2 aliphatic rings. The van der Waals surface area contributed by atoms with Gasteiger partial charge in [0.2, 0.25) is 5.91 Å². The van der Waals surface area contributed by atoms with E-state index in [0.717, 1.165) is 54.6 Å². The summed E-state index contributed by atoms with van der Waals surface area (Å²) in [6.45, 7) is 2.60. The van der Waals surface area contributed by atoms with E-state index in [-0.39, 0.29) is 11.8 Å². The van der Waals surface area contributed by atoms with Gasteiger partial charge in [0.1, 0.15) is 5.75 Å². The van der Waals surface area contributed by atoms with Gasteiger partial charge in [0.05, 0.1) is 36.9 Å². The number of benzene rings is 1. The molecule has 6 nitrogen and oxygen atoms in total. The van der Waals surface area contributed by atoms with Gasteiger partial charge in [0.15, 0.2) is 0 Å². The molecule has 6 heteroatoms. The molecular formula is C26H31N3O3. The Kier molecular flexibility index (Phi) is 5.87. The quantitative estimate of drug-likeness (QED) is 0.613. The SMILES string of the molecule is COc1ccc(C2(C(=O)N3CCOC[C@@H](Cc4nccn5cccc45)C3)CCCC2)cc1. The zero-order chi connectivity index (χ0) is 22.0. The van der Waals surface area contributed by atoms with Gasteiger partial charge in [-0.25, -0.2) is 0 Å². The lowest BCUT2D eigenvalue weighted by molar-refractivity contribution is -0.137. The van der Waals surface area contributed by atoms with Crippen LogP contribution in [0.1, 0.15) is 36.9 Å². The van der Waals surface area contributed by atoms with Crippen molar-refractivity contribution in [3.05, 3.63) is 66.2 Å². The van der Waals surface area contributed by atoms with Crippen LogP contribution in [0.2, 0.25) is 0 Å². The molecule has 1 saturated heterocycles. The molecule has 2 fully saturated rings. The highest BCUT2D eigenvalue weighted by atomic mass is 16.5. The number of aromatic nitrogens is 2. The largest absolute Gasteiger partial charge is 0.497 e. The van der Waals surface area contributed by atoms with Gasteiger partial charge < -0.3 is 18.8 Å².